The average Bonchev–Trinajstić information content (AvgIpc) is 2.84. The lowest BCUT2D eigenvalue weighted by atomic mass is 9.94. The van der Waals surface area contributed by atoms with Crippen molar-refractivity contribution in [2.45, 2.75) is 19.0 Å². The summed E-state index contributed by atoms with van der Waals surface area (Å²) in [6.45, 7) is 2.31. The van der Waals surface area contributed by atoms with Crippen LogP contribution in [0.3, 0.4) is 0 Å². The zero-order valence-electron chi connectivity index (χ0n) is 18.0. The molecule has 1 aliphatic heterocycles. The van der Waals surface area contributed by atoms with Gasteiger partial charge in [-0.15, -0.1) is 0 Å². The van der Waals surface area contributed by atoms with Crippen molar-refractivity contribution in [3.63, 3.8) is 0 Å². The summed E-state index contributed by atoms with van der Waals surface area (Å²) in [5, 5.41) is 0. The standard InChI is InChI=1S/C25H21F5N2O2/c26-24(27)20-5-4-18(22(33)13-16-2-1-3-19(12-16)25(28,29)30)14-21(20)17-6-7-31-23(15-17)32-8-10-34-11-9-32/h1-7,12,14-15,24H,8-11,13H2. The lowest BCUT2D eigenvalue weighted by molar-refractivity contribution is -0.137. The van der Waals surface area contributed by atoms with Gasteiger partial charge in [0.2, 0.25) is 0 Å². The molecule has 1 fully saturated rings. The molecule has 2 aromatic carbocycles. The van der Waals surface area contributed by atoms with Crippen LogP contribution < -0.4 is 4.90 Å². The Morgan fingerprint density at radius 1 is 1.03 bits per heavy atom. The van der Waals surface area contributed by atoms with Gasteiger partial charge >= 0.3 is 6.18 Å². The largest absolute Gasteiger partial charge is 0.416 e. The maximum atomic E-state index is 13.8. The van der Waals surface area contributed by atoms with Gasteiger partial charge in [0.25, 0.3) is 6.43 Å². The maximum Gasteiger partial charge on any atom is 0.416 e. The zero-order valence-corrected chi connectivity index (χ0v) is 18.0. The molecule has 0 amide bonds. The first-order valence-electron chi connectivity index (χ1n) is 10.6. The second kappa shape index (κ2) is 9.89. The number of pyridine rings is 1. The first-order chi connectivity index (χ1) is 16.2. The van der Waals surface area contributed by atoms with E-state index in [1.165, 1.54) is 36.5 Å². The van der Waals surface area contributed by atoms with Gasteiger partial charge in [-0.3, -0.25) is 4.79 Å². The van der Waals surface area contributed by atoms with Crippen molar-refractivity contribution in [3.05, 3.63) is 83.0 Å². The van der Waals surface area contributed by atoms with Crippen molar-refractivity contribution in [2.24, 2.45) is 0 Å². The molecule has 3 aromatic rings. The number of hydrogen-bond donors (Lipinski definition) is 0. The number of carbonyl (C=O) groups excluding carboxylic acids is 1. The molecule has 0 unspecified atom stereocenters. The van der Waals surface area contributed by atoms with Crippen LogP contribution in [0.4, 0.5) is 27.8 Å². The summed E-state index contributed by atoms with van der Waals surface area (Å²) in [6.07, 6.45) is -6.06. The van der Waals surface area contributed by atoms with Gasteiger partial charge in [0.1, 0.15) is 5.82 Å². The lowest BCUT2D eigenvalue weighted by Crippen LogP contribution is -2.36. The second-order valence-electron chi connectivity index (χ2n) is 7.90. The number of anilines is 1. The summed E-state index contributed by atoms with van der Waals surface area (Å²) in [5.74, 6) is 0.144. The van der Waals surface area contributed by atoms with E-state index in [0.29, 0.717) is 37.7 Å². The minimum atomic E-state index is -4.52. The van der Waals surface area contributed by atoms with E-state index in [9.17, 15) is 26.7 Å². The van der Waals surface area contributed by atoms with Crippen LogP contribution in [0.15, 0.2) is 60.8 Å². The molecule has 178 valence electrons. The molecular formula is C25H21F5N2O2. The van der Waals surface area contributed by atoms with Crippen LogP contribution in [-0.4, -0.2) is 37.1 Å². The summed E-state index contributed by atoms with van der Waals surface area (Å²) in [6, 6.07) is 11.6. The Morgan fingerprint density at radius 3 is 2.50 bits per heavy atom. The normalized spacial score (nSPS) is 14.5. The molecule has 4 nitrogen and oxygen atoms in total. The van der Waals surface area contributed by atoms with Gasteiger partial charge in [0, 0.05) is 36.8 Å². The number of carbonyl (C=O) groups is 1. The highest BCUT2D eigenvalue weighted by Gasteiger charge is 2.30. The molecule has 2 heterocycles. The Balaban J connectivity index is 1.65. The molecule has 1 saturated heterocycles. The second-order valence-corrected chi connectivity index (χ2v) is 7.90. The summed E-state index contributed by atoms with van der Waals surface area (Å²) in [7, 11) is 0. The van der Waals surface area contributed by atoms with Crippen molar-refractivity contribution in [1.82, 2.24) is 4.98 Å². The number of Topliss-reactive ketones (excluding diaryl/α,β-unsaturated/α-hetero) is 1. The smallest absolute Gasteiger partial charge is 0.378 e. The minimum absolute atomic E-state index is 0.140. The van der Waals surface area contributed by atoms with Gasteiger partial charge in [0.05, 0.1) is 18.8 Å². The highest BCUT2D eigenvalue weighted by molar-refractivity contribution is 5.99. The van der Waals surface area contributed by atoms with Crippen molar-refractivity contribution in [2.75, 3.05) is 31.2 Å². The van der Waals surface area contributed by atoms with E-state index < -0.39 is 23.9 Å². The molecule has 34 heavy (non-hydrogen) atoms. The van der Waals surface area contributed by atoms with Crippen molar-refractivity contribution < 1.29 is 31.5 Å². The number of aromatic nitrogens is 1. The molecule has 0 saturated carbocycles. The highest BCUT2D eigenvalue weighted by atomic mass is 19.4. The molecule has 0 spiro atoms. The number of morpholine rings is 1. The number of hydrogen-bond acceptors (Lipinski definition) is 4. The molecule has 1 aliphatic rings. The number of ether oxygens (including phenoxy) is 1. The summed E-state index contributed by atoms with van der Waals surface area (Å²) in [5.41, 5.74) is -0.101. The average molecular weight is 476 g/mol. The number of rotatable bonds is 6. The fourth-order valence-corrected chi connectivity index (χ4v) is 3.87. The summed E-state index contributed by atoms with van der Waals surface area (Å²) in [4.78, 5) is 19.2. The zero-order chi connectivity index (χ0) is 24.3. The van der Waals surface area contributed by atoms with E-state index in [0.717, 1.165) is 12.1 Å². The van der Waals surface area contributed by atoms with Crippen LogP contribution in [0, 0.1) is 0 Å². The predicted molar refractivity (Wildman–Crippen MR) is 117 cm³/mol. The molecule has 4 rings (SSSR count). The van der Waals surface area contributed by atoms with Gasteiger partial charge in [0.15, 0.2) is 5.78 Å². The fourth-order valence-electron chi connectivity index (χ4n) is 3.87. The Morgan fingerprint density at radius 2 is 1.79 bits per heavy atom. The highest BCUT2D eigenvalue weighted by Crippen LogP contribution is 2.34. The molecular weight excluding hydrogens is 455 g/mol. The number of nitrogens with zero attached hydrogens (tertiary/aromatic N) is 2. The lowest BCUT2D eigenvalue weighted by Gasteiger charge is -2.28. The summed E-state index contributed by atoms with van der Waals surface area (Å²) < 4.78 is 71.8. The molecule has 9 heteroatoms. The molecule has 0 atom stereocenters. The molecule has 0 bridgehead atoms. The SMILES string of the molecule is O=C(Cc1cccc(C(F)(F)F)c1)c1ccc(C(F)F)c(-c2ccnc(N3CCOCC3)c2)c1. The predicted octanol–water partition coefficient (Wildman–Crippen LogP) is 5.97. The topological polar surface area (TPSA) is 42.4 Å². The van der Waals surface area contributed by atoms with E-state index in [2.05, 4.69) is 4.98 Å². The first kappa shape index (κ1) is 23.8. The van der Waals surface area contributed by atoms with Crippen molar-refractivity contribution >= 4 is 11.6 Å². The van der Waals surface area contributed by atoms with Crippen LogP contribution in [0.1, 0.15) is 33.5 Å². The quantitative estimate of drug-likeness (QED) is 0.325. The third-order valence-corrected chi connectivity index (χ3v) is 5.62. The fraction of sp³-hybridized carbons (Fsp3) is 0.280. The van der Waals surface area contributed by atoms with Gasteiger partial charge in [-0.1, -0.05) is 30.3 Å². The monoisotopic (exact) mass is 476 g/mol. The molecule has 1 aromatic heterocycles. The van der Waals surface area contributed by atoms with Gasteiger partial charge in [-0.05, 0) is 41.0 Å². The number of ketones is 1. The van der Waals surface area contributed by atoms with E-state index in [-0.39, 0.29) is 28.7 Å². The van der Waals surface area contributed by atoms with E-state index in [1.54, 1.807) is 12.1 Å². The third kappa shape index (κ3) is 5.41. The van der Waals surface area contributed by atoms with Crippen LogP contribution in [0.25, 0.3) is 11.1 Å². The minimum Gasteiger partial charge on any atom is -0.378 e. The van der Waals surface area contributed by atoms with Crippen LogP contribution in [0.5, 0.6) is 0 Å². The number of benzene rings is 2. The van der Waals surface area contributed by atoms with Crippen LogP contribution in [0.2, 0.25) is 0 Å². The van der Waals surface area contributed by atoms with Crippen molar-refractivity contribution in [1.29, 1.82) is 0 Å². The van der Waals surface area contributed by atoms with Crippen LogP contribution >= 0.6 is 0 Å². The molecule has 0 aliphatic carbocycles. The van der Waals surface area contributed by atoms with Gasteiger partial charge in [-0.2, -0.15) is 13.2 Å². The molecule has 0 N–H and O–H groups in total. The van der Waals surface area contributed by atoms with Gasteiger partial charge < -0.3 is 9.64 Å². The van der Waals surface area contributed by atoms with Gasteiger partial charge in [-0.25, -0.2) is 13.8 Å². The van der Waals surface area contributed by atoms with E-state index in [4.69, 9.17) is 4.74 Å². The van der Waals surface area contributed by atoms with Crippen molar-refractivity contribution in [3.8, 4) is 11.1 Å². The van der Waals surface area contributed by atoms with E-state index in [1.807, 2.05) is 4.90 Å². The number of halogens is 5. The Hall–Kier alpha value is -3.33. The van der Waals surface area contributed by atoms with Crippen LogP contribution in [-0.2, 0) is 17.3 Å². The Bertz CT molecular complexity index is 1170. The number of alkyl halides is 5. The Kier molecular flexibility index (Phi) is 6.92. The summed E-state index contributed by atoms with van der Waals surface area (Å²) >= 11 is 0. The molecule has 0 radical (unpaired) electrons. The maximum absolute atomic E-state index is 13.8. The van der Waals surface area contributed by atoms with E-state index >= 15 is 0 Å². The Labute approximate surface area is 193 Å². The first-order valence-corrected chi connectivity index (χ1v) is 10.6. The third-order valence-electron chi connectivity index (χ3n) is 5.62.